The third kappa shape index (κ3) is 2.65. The number of rotatable bonds is 4. The van der Waals surface area contributed by atoms with Gasteiger partial charge in [0.25, 0.3) is 0 Å². The largest absolute Gasteiger partial charge is 0.481 e. The fourth-order valence-corrected chi connectivity index (χ4v) is 2.69. The Kier molecular flexibility index (Phi) is 3.44. The van der Waals surface area contributed by atoms with Crippen molar-refractivity contribution in [1.29, 1.82) is 0 Å². The van der Waals surface area contributed by atoms with Gasteiger partial charge >= 0.3 is 11.9 Å². The maximum absolute atomic E-state index is 11.3. The number of ether oxygens (including phenoxy) is 1. The average Bonchev–Trinajstić information content (AvgIpc) is 2.83. The summed E-state index contributed by atoms with van der Waals surface area (Å²) < 4.78 is 5.04. The first-order chi connectivity index (χ1) is 10.1. The van der Waals surface area contributed by atoms with E-state index in [0.29, 0.717) is 0 Å². The van der Waals surface area contributed by atoms with Crippen molar-refractivity contribution >= 4 is 11.9 Å². The second-order valence-electron chi connectivity index (χ2n) is 5.01. The minimum atomic E-state index is -1.18. The van der Waals surface area contributed by atoms with Crippen molar-refractivity contribution in [2.75, 3.05) is 0 Å². The Morgan fingerprint density at radius 1 is 1.05 bits per heavy atom. The van der Waals surface area contributed by atoms with Crippen molar-refractivity contribution in [1.82, 2.24) is 0 Å². The zero-order chi connectivity index (χ0) is 14.8. The van der Waals surface area contributed by atoms with Gasteiger partial charge < -0.3 is 9.84 Å². The van der Waals surface area contributed by atoms with Crippen LogP contribution in [0.3, 0.4) is 0 Å². The number of esters is 1. The van der Waals surface area contributed by atoms with Gasteiger partial charge in [-0.1, -0.05) is 42.5 Å². The Hall–Kier alpha value is -2.62. The number of fused-ring (bicyclic) bond motifs is 3. The molecule has 4 nitrogen and oxygen atoms in total. The summed E-state index contributed by atoms with van der Waals surface area (Å²) >= 11 is 0. The Morgan fingerprint density at radius 2 is 1.81 bits per heavy atom. The topological polar surface area (TPSA) is 63.6 Å². The van der Waals surface area contributed by atoms with Crippen LogP contribution < -0.4 is 0 Å². The molecule has 0 saturated heterocycles. The van der Waals surface area contributed by atoms with Crippen LogP contribution in [0.4, 0.5) is 0 Å². The van der Waals surface area contributed by atoms with Crippen LogP contribution in [0, 0.1) is 0 Å². The number of aliphatic carboxylic acids is 1. The highest BCUT2D eigenvalue weighted by Crippen LogP contribution is 2.38. The molecule has 1 aliphatic carbocycles. The van der Waals surface area contributed by atoms with Crippen LogP contribution in [0.1, 0.15) is 23.1 Å². The molecule has 0 heterocycles. The standard InChI is InChI=1S/C17H14O4/c18-16(19)9-17(20)21-10-12-5-3-7-14-13-6-2-1-4-11(13)8-15(12)14/h1-7H,8-10H2,(H,18,19). The van der Waals surface area contributed by atoms with Crippen LogP contribution in [0.15, 0.2) is 42.5 Å². The van der Waals surface area contributed by atoms with E-state index in [1.54, 1.807) is 0 Å². The average molecular weight is 282 g/mol. The Bertz CT molecular complexity index is 718. The molecule has 3 rings (SSSR count). The predicted molar refractivity (Wildman–Crippen MR) is 76.7 cm³/mol. The van der Waals surface area contributed by atoms with Crippen LogP contribution in [0.5, 0.6) is 0 Å². The van der Waals surface area contributed by atoms with E-state index in [9.17, 15) is 9.59 Å². The molecule has 0 unspecified atom stereocenters. The van der Waals surface area contributed by atoms with Gasteiger partial charge in [-0.25, -0.2) is 0 Å². The van der Waals surface area contributed by atoms with Gasteiger partial charge in [-0.3, -0.25) is 9.59 Å². The SMILES string of the molecule is O=C(O)CC(=O)OCc1cccc2c1Cc1ccccc1-2. The molecule has 106 valence electrons. The van der Waals surface area contributed by atoms with E-state index in [1.165, 1.54) is 11.1 Å². The summed E-state index contributed by atoms with van der Waals surface area (Å²) in [5.74, 6) is -1.89. The second-order valence-corrected chi connectivity index (χ2v) is 5.01. The molecular formula is C17H14O4. The fourth-order valence-electron chi connectivity index (χ4n) is 2.69. The molecule has 0 spiro atoms. The van der Waals surface area contributed by atoms with Crippen molar-refractivity contribution < 1.29 is 19.4 Å². The molecule has 2 aromatic carbocycles. The Morgan fingerprint density at radius 3 is 2.62 bits per heavy atom. The van der Waals surface area contributed by atoms with Crippen LogP contribution >= 0.6 is 0 Å². The number of carboxylic acids is 1. The van der Waals surface area contributed by atoms with Gasteiger partial charge in [0.15, 0.2) is 0 Å². The highest BCUT2D eigenvalue weighted by molar-refractivity contribution is 5.90. The molecule has 4 heteroatoms. The molecule has 1 aliphatic rings. The highest BCUT2D eigenvalue weighted by Gasteiger charge is 2.21. The van der Waals surface area contributed by atoms with Crippen LogP contribution in [0.25, 0.3) is 11.1 Å². The number of carbonyl (C=O) groups excluding carboxylic acids is 1. The maximum Gasteiger partial charge on any atom is 0.317 e. The van der Waals surface area contributed by atoms with E-state index in [2.05, 4.69) is 18.2 Å². The number of carbonyl (C=O) groups is 2. The van der Waals surface area contributed by atoms with Crippen LogP contribution in [0.2, 0.25) is 0 Å². The van der Waals surface area contributed by atoms with Gasteiger partial charge in [-0.05, 0) is 34.2 Å². The van der Waals surface area contributed by atoms with Gasteiger partial charge in [0.05, 0.1) is 0 Å². The monoisotopic (exact) mass is 282 g/mol. The summed E-state index contributed by atoms with van der Waals surface area (Å²) in [5, 5.41) is 8.55. The van der Waals surface area contributed by atoms with E-state index < -0.39 is 18.4 Å². The molecule has 0 fully saturated rings. The molecule has 2 aromatic rings. The molecule has 0 bridgehead atoms. The first-order valence-electron chi connectivity index (χ1n) is 6.71. The summed E-state index contributed by atoms with van der Waals surface area (Å²) in [6, 6.07) is 14.1. The van der Waals surface area contributed by atoms with Crippen molar-refractivity contribution in [3.8, 4) is 11.1 Å². The smallest absolute Gasteiger partial charge is 0.317 e. The van der Waals surface area contributed by atoms with Gasteiger partial charge in [0.1, 0.15) is 13.0 Å². The molecule has 0 atom stereocenters. The number of benzene rings is 2. The molecule has 21 heavy (non-hydrogen) atoms. The summed E-state index contributed by atoms with van der Waals surface area (Å²) in [5.41, 5.74) is 5.73. The van der Waals surface area contributed by atoms with E-state index in [0.717, 1.165) is 23.1 Å². The summed E-state index contributed by atoms with van der Waals surface area (Å²) in [4.78, 5) is 21.8. The van der Waals surface area contributed by atoms with E-state index >= 15 is 0 Å². The maximum atomic E-state index is 11.3. The first kappa shape index (κ1) is 13.4. The van der Waals surface area contributed by atoms with E-state index in [-0.39, 0.29) is 6.61 Å². The third-order valence-corrected chi connectivity index (χ3v) is 3.63. The molecular weight excluding hydrogens is 268 g/mol. The lowest BCUT2D eigenvalue weighted by Gasteiger charge is -2.09. The number of hydrogen-bond donors (Lipinski definition) is 1. The fraction of sp³-hybridized carbons (Fsp3) is 0.176. The first-order valence-corrected chi connectivity index (χ1v) is 6.71. The molecule has 0 amide bonds. The van der Waals surface area contributed by atoms with E-state index in [1.807, 2.05) is 24.3 Å². The summed E-state index contributed by atoms with van der Waals surface area (Å²) in [6.07, 6.45) is 0.216. The summed E-state index contributed by atoms with van der Waals surface area (Å²) in [7, 11) is 0. The van der Waals surface area contributed by atoms with Gasteiger partial charge in [-0.2, -0.15) is 0 Å². The van der Waals surface area contributed by atoms with Crippen molar-refractivity contribution in [3.05, 3.63) is 59.2 Å². The highest BCUT2D eigenvalue weighted by atomic mass is 16.5. The van der Waals surface area contributed by atoms with Crippen LogP contribution in [-0.4, -0.2) is 17.0 Å². The molecule has 0 aromatic heterocycles. The van der Waals surface area contributed by atoms with E-state index in [4.69, 9.17) is 9.84 Å². The quantitative estimate of drug-likeness (QED) is 0.590. The molecule has 0 radical (unpaired) electrons. The lowest BCUT2D eigenvalue weighted by atomic mass is 10.0. The lowest BCUT2D eigenvalue weighted by molar-refractivity contribution is -0.152. The minimum Gasteiger partial charge on any atom is -0.481 e. The molecule has 0 saturated carbocycles. The number of carboxylic acid groups (broad SMARTS) is 1. The van der Waals surface area contributed by atoms with Crippen molar-refractivity contribution in [3.63, 3.8) is 0 Å². The molecule has 0 aliphatic heterocycles. The van der Waals surface area contributed by atoms with Crippen LogP contribution in [-0.2, 0) is 27.4 Å². The van der Waals surface area contributed by atoms with Gasteiger partial charge in [0, 0.05) is 0 Å². The summed E-state index contributed by atoms with van der Waals surface area (Å²) in [6.45, 7) is 0.114. The van der Waals surface area contributed by atoms with Crippen molar-refractivity contribution in [2.24, 2.45) is 0 Å². The van der Waals surface area contributed by atoms with Gasteiger partial charge in [-0.15, -0.1) is 0 Å². The second kappa shape index (κ2) is 5.40. The molecule has 1 N–H and O–H groups in total. The number of hydrogen-bond acceptors (Lipinski definition) is 3. The zero-order valence-corrected chi connectivity index (χ0v) is 11.3. The zero-order valence-electron chi connectivity index (χ0n) is 11.3. The minimum absolute atomic E-state index is 0.114. The Balaban J connectivity index is 1.81. The predicted octanol–water partition coefficient (Wildman–Crippen LogP) is 2.78. The third-order valence-electron chi connectivity index (χ3n) is 3.63. The normalized spacial score (nSPS) is 11.6. The van der Waals surface area contributed by atoms with Crippen molar-refractivity contribution in [2.45, 2.75) is 19.4 Å². The van der Waals surface area contributed by atoms with Gasteiger partial charge in [0.2, 0.25) is 0 Å². The lowest BCUT2D eigenvalue weighted by Crippen LogP contribution is -2.11. The Labute approximate surface area is 122 Å².